The Hall–Kier alpha value is -3.67. The minimum atomic E-state index is -1.04. The number of amides is 1. The number of hydrogen-bond acceptors (Lipinski definition) is 7. The fourth-order valence-electron chi connectivity index (χ4n) is 2.86. The van der Waals surface area contributed by atoms with Crippen molar-refractivity contribution in [2.75, 3.05) is 6.54 Å². The van der Waals surface area contributed by atoms with Crippen molar-refractivity contribution in [3.63, 3.8) is 0 Å². The maximum atomic E-state index is 13.6. The van der Waals surface area contributed by atoms with Gasteiger partial charge in [-0.3, -0.25) is 23.4 Å². The lowest BCUT2D eigenvalue weighted by Crippen LogP contribution is -2.31. The van der Waals surface area contributed by atoms with Gasteiger partial charge in [-0.15, -0.1) is 21.5 Å². The Bertz CT molecular complexity index is 1360. The number of carbonyl (C=O) groups excluding carboxylic acids is 2. The summed E-state index contributed by atoms with van der Waals surface area (Å²) in [5.74, 6) is -2.96. The summed E-state index contributed by atoms with van der Waals surface area (Å²) in [4.78, 5) is 36.2. The zero-order valence-electron chi connectivity index (χ0n) is 15.4. The predicted molar refractivity (Wildman–Crippen MR) is 102 cm³/mol. The van der Waals surface area contributed by atoms with Crippen molar-refractivity contribution in [1.82, 2.24) is 24.5 Å². The quantitative estimate of drug-likeness (QED) is 0.477. The summed E-state index contributed by atoms with van der Waals surface area (Å²) in [6, 6.07) is 4.22. The van der Waals surface area contributed by atoms with Crippen LogP contribution in [0.15, 0.2) is 34.4 Å². The van der Waals surface area contributed by atoms with E-state index < -0.39 is 35.6 Å². The smallest absolute Gasteiger partial charge is 0.325 e. The summed E-state index contributed by atoms with van der Waals surface area (Å²) in [6.07, 6.45) is 0. The first kappa shape index (κ1) is 19.6. The molecule has 0 aliphatic heterocycles. The van der Waals surface area contributed by atoms with E-state index in [2.05, 4.69) is 15.5 Å². The third kappa shape index (κ3) is 3.41. The number of carbonyl (C=O) groups is 2. The van der Waals surface area contributed by atoms with E-state index in [1.165, 1.54) is 15.9 Å². The number of halogens is 2. The number of benzene rings is 1. The maximum Gasteiger partial charge on any atom is 0.325 e. The second kappa shape index (κ2) is 7.63. The fraction of sp³-hybridized carbons (Fsp3) is 0.167. The molecule has 0 spiro atoms. The van der Waals surface area contributed by atoms with Crippen LogP contribution in [0, 0.1) is 11.6 Å². The van der Waals surface area contributed by atoms with E-state index >= 15 is 0 Å². The van der Waals surface area contributed by atoms with Crippen LogP contribution < -0.4 is 10.9 Å². The lowest BCUT2D eigenvalue weighted by Gasteiger charge is -2.08. The van der Waals surface area contributed by atoms with Crippen molar-refractivity contribution < 1.29 is 23.1 Å². The second-order valence-electron chi connectivity index (χ2n) is 6.22. The normalized spacial score (nSPS) is 11.2. The number of hydrogen-bond donors (Lipinski definition) is 1. The highest BCUT2D eigenvalue weighted by molar-refractivity contribution is 7.17. The first-order chi connectivity index (χ1) is 14.4. The molecule has 0 aliphatic rings. The average molecular weight is 433 g/mol. The largest absolute Gasteiger partial charge is 0.456 e. The third-order valence-corrected chi connectivity index (χ3v) is 5.22. The Morgan fingerprint density at radius 1 is 1.23 bits per heavy atom. The van der Waals surface area contributed by atoms with Crippen LogP contribution in [0.2, 0.25) is 0 Å². The van der Waals surface area contributed by atoms with Crippen LogP contribution in [-0.4, -0.2) is 37.6 Å². The van der Waals surface area contributed by atoms with E-state index in [9.17, 15) is 23.2 Å². The number of thiophene rings is 1. The minimum absolute atomic E-state index is 0.209. The zero-order chi connectivity index (χ0) is 21.4. The van der Waals surface area contributed by atoms with Gasteiger partial charge in [-0.1, -0.05) is 0 Å². The topological polar surface area (TPSA) is 108 Å². The molecule has 0 atom stereocenters. The molecule has 0 radical (unpaired) electrons. The third-order valence-electron chi connectivity index (χ3n) is 4.33. The number of nitrogens with one attached hydrogen (secondary N) is 1. The Morgan fingerprint density at radius 2 is 2.03 bits per heavy atom. The van der Waals surface area contributed by atoms with E-state index in [0.717, 1.165) is 12.1 Å². The van der Waals surface area contributed by atoms with Crippen LogP contribution in [-0.2, 0) is 23.2 Å². The maximum absolute atomic E-state index is 13.6. The van der Waals surface area contributed by atoms with Crippen LogP contribution in [0.5, 0.6) is 0 Å². The lowest BCUT2D eigenvalue weighted by molar-refractivity contribution is -0.143. The number of aryl methyl sites for hydroxylation is 1. The summed E-state index contributed by atoms with van der Waals surface area (Å²) in [5.41, 5.74) is -0.0122. The molecule has 1 N–H and O–H groups in total. The lowest BCUT2D eigenvalue weighted by atomic mass is 10.2. The highest BCUT2D eigenvalue weighted by atomic mass is 32.1. The van der Waals surface area contributed by atoms with Gasteiger partial charge in [0.2, 0.25) is 5.78 Å². The standard InChI is InChI=1S/C18H13F2N5O4S/c1-24-17(28)15-12(4-5-30-15)25-13(22-23-18(24)25)8-29-14(26)7-21-16(27)10-3-2-9(19)6-11(10)20/h2-6H,7-8H2,1H3,(H,21,27). The number of aromatic nitrogens is 4. The first-order valence-electron chi connectivity index (χ1n) is 8.56. The van der Waals surface area contributed by atoms with Crippen LogP contribution >= 0.6 is 11.3 Å². The number of rotatable bonds is 5. The van der Waals surface area contributed by atoms with Crippen molar-refractivity contribution in [1.29, 1.82) is 0 Å². The molecule has 3 aromatic heterocycles. The van der Waals surface area contributed by atoms with Crippen molar-refractivity contribution in [3.8, 4) is 0 Å². The fourth-order valence-corrected chi connectivity index (χ4v) is 3.71. The van der Waals surface area contributed by atoms with Crippen molar-refractivity contribution in [2.45, 2.75) is 6.61 Å². The molecule has 1 amide bonds. The highest BCUT2D eigenvalue weighted by Gasteiger charge is 2.18. The molecule has 154 valence electrons. The second-order valence-corrected chi connectivity index (χ2v) is 7.13. The molecule has 12 heteroatoms. The zero-order valence-corrected chi connectivity index (χ0v) is 16.2. The molecule has 0 aliphatic carbocycles. The van der Waals surface area contributed by atoms with Crippen LogP contribution in [0.3, 0.4) is 0 Å². The molecule has 0 unspecified atom stereocenters. The summed E-state index contributed by atoms with van der Waals surface area (Å²) >= 11 is 1.27. The van der Waals surface area contributed by atoms with Crippen LogP contribution in [0.4, 0.5) is 8.78 Å². The molecule has 4 rings (SSSR count). The Morgan fingerprint density at radius 3 is 2.80 bits per heavy atom. The van der Waals surface area contributed by atoms with Crippen molar-refractivity contribution >= 4 is 39.2 Å². The van der Waals surface area contributed by atoms with Gasteiger partial charge in [-0.25, -0.2) is 8.78 Å². The van der Waals surface area contributed by atoms with Gasteiger partial charge in [-0.05, 0) is 23.6 Å². The summed E-state index contributed by atoms with van der Waals surface area (Å²) in [7, 11) is 1.56. The van der Waals surface area contributed by atoms with Crippen LogP contribution in [0.25, 0.3) is 16.0 Å². The Labute approximate surface area is 170 Å². The van der Waals surface area contributed by atoms with E-state index in [1.54, 1.807) is 22.9 Å². The van der Waals surface area contributed by atoms with E-state index in [0.29, 0.717) is 16.3 Å². The summed E-state index contributed by atoms with van der Waals surface area (Å²) in [6.45, 7) is -0.789. The molecule has 30 heavy (non-hydrogen) atoms. The van der Waals surface area contributed by atoms with Crippen LogP contribution in [0.1, 0.15) is 16.2 Å². The van der Waals surface area contributed by atoms with Gasteiger partial charge in [0.1, 0.15) is 22.9 Å². The van der Waals surface area contributed by atoms with E-state index in [1.807, 2.05) is 0 Å². The highest BCUT2D eigenvalue weighted by Crippen LogP contribution is 2.19. The summed E-state index contributed by atoms with van der Waals surface area (Å²) in [5, 5.41) is 11.9. The molecule has 9 nitrogen and oxygen atoms in total. The van der Waals surface area contributed by atoms with Gasteiger partial charge in [0, 0.05) is 13.1 Å². The first-order valence-corrected chi connectivity index (χ1v) is 9.44. The van der Waals surface area contributed by atoms with Gasteiger partial charge in [0.05, 0.1) is 11.1 Å². The number of esters is 1. The van der Waals surface area contributed by atoms with E-state index in [-0.39, 0.29) is 23.8 Å². The molecule has 0 bridgehead atoms. The van der Waals surface area contributed by atoms with Gasteiger partial charge in [0.25, 0.3) is 11.5 Å². The molecule has 0 fully saturated rings. The Balaban J connectivity index is 1.45. The molecule has 0 saturated carbocycles. The van der Waals surface area contributed by atoms with Crippen molar-refractivity contribution in [2.24, 2.45) is 7.05 Å². The number of fused-ring (bicyclic) bond motifs is 3. The molecule has 4 aromatic rings. The van der Waals surface area contributed by atoms with Gasteiger partial charge >= 0.3 is 5.97 Å². The predicted octanol–water partition coefficient (Wildman–Crippen LogP) is 1.39. The molecular formula is C18H13F2N5O4S. The minimum Gasteiger partial charge on any atom is -0.456 e. The SMILES string of the molecule is Cn1c(=O)c2sccc2n2c(COC(=O)CNC(=O)c3ccc(F)cc3F)nnc12. The molecule has 1 aromatic carbocycles. The average Bonchev–Trinajstić information content (AvgIpc) is 3.35. The van der Waals surface area contributed by atoms with Crippen molar-refractivity contribution in [3.05, 3.63) is 63.0 Å². The van der Waals surface area contributed by atoms with Gasteiger partial charge in [0.15, 0.2) is 12.4 Å². The Kier molecular flexibility index (Phi) is 4.99. The molecule has 3 heterocycles. The molecule has 0 saturated heterocycles. The van der Waals surface area contributed by atoms with E-state index in [4.69, 9.17) is 4.74 Å². The summed E-state index contributed by atoms with van der Waals surface area (Å²) < 4.78 is 35.1. The monoisotopic (exact) mass is 433 g/mol. The van der Waals surface area contributed by atoms with Gasteiger partial charge < -0.3 is 10.1 Å². The number of ether oxygens (including phenoxy) is 1. The molecular weight excluding hydrogens is 420 g/mol. The number of nitrogens with zero attached hydrogens (tertiary/aromatic N) is 4. The van der Waals surface area contributed by atoms with Gasteiger partial charge in [-0.2, -0.15) is 0 Å².